The third-order valence-electron chi connectivity index (χ3n) is 3.91. The fourth-order valence-electron chi connectivity index (χ4n) is 2.86. The van der Waals surface area contributed by atoms with E-state index in [0.29, 0.717) is 11.8 Å². The molecule has 0 radical (unpaired) electrons. The monoisotopic (exact) mass is 465 g/mol. The van der Waals surface area contributed by atoms with Crippen molar-refractivity contribution in [3.63, 3.8) is 0 Å². The quantitative estimate of drug-likeness (QED) is 0.431. The number of hydrogen-bond acceptors (Lipinski definition) is 2. The van der Waals surface area contributed by atoms with Crippen LogP contribution in [0.4, 0.5) is 18.9 Å². The number of halogens is 4. The Hall–Kier alpha value is -1.78. The molecule has 0 amide bonds. The molecular formula is C16H19F3IN5. The Kier molecular flexibility index (Phi) is 6.31. The first kappa shape index (κ1) is 19.5. The molecule has 0 bridgehead atoms. The van der Waals surface area contributed by atoms with Gasteiger partial charge in [0.15, 0.2) is 5.96 Å². The van der Waals surface area contributed by atoms with Crippen LogP contribution in [0.5, 0.6) is 0 Å². The average molecular weight is 465 g/mol. The van der Waals surface area contributed by atoms with E-state index in [1.807, 2.05) is 23.1 Å². The van der Waals surface area contributed by atoms with Gasteiger partial charge in [-0.1, -0.05) is 18.2 Å². The van der Waals surface area contributed by atoms with E-state index in [2.05, 4.69) is 21.4 Å². The van der Waals surface area contributed by atoms with Gasteiger partial charge in [-0.2, -0.15) is 13.2 Å². The summed E-state index contributed by atoms with van der Waals surface area (Å²) >= 11 is 0. The van der Waals surface area contributed by atoms with Gasteiger partial charge in [-0.15, -0.1) is 24.0 Å². The Morgan fingerprint density at radius 1 is 1.32 bits per heavy atom. The van der Waals surface area contributed by atoms with Crippen molar-refractivity contribution in [2.24, 2.45) is 4.99 Å². The minimum atomic E-state index is -4.27. The number of fused-ring (bicyclic) bond motifs is 1. The fourth-order valence-corrected chi connectivity index (χ4v) is 2.86. The van der Waals surface area contributed by atoms with Crippen LogP contribution in [0.15, 0.2) is 41.7 Å². The zero-order chi connectivity index (χ0) is 17.2. The molecule has 1 aromatic carbocycles. The van der Waals surface area contributed by atoms with Gasteiger partial charge in [-0.25, -0.2) is 4.98 Å². The van der Waals surface area contributed by atoms with Gasteiger partial charge < -0.3 is 14.8 Å². The number of aliphatic imine (C=N–C) groups is 1. The van der Waals surface area contributed by atoms with Crippen LogP contribution in [0.1, 0.15) is 11.4 Å². The smallest absolute Gasteiger partial charge is 0.349 e. The largest absolute Gasteiger partial charge is 0.406 e. The molecule has 0 saturated heterocycles. The van der Waals surface area contributed by atoms with E-state index >= 15 is 0 Å². The van der Waals surface area contributed by atoms with Gasteiger partial charge in [0.1, 0.15) is 12.4 Å². The molecule has 5 nitrogen and oxygen atoms in total. The summed E-state index contributed by atoms with van der Waals surface area (Å²) < 4.78 is 38.8. The molecule has 0 spiro atoms. The highest BCUT2D eigenvalue weighted by Gasteiger charge is 2.29. The summed E-state index contributed by atoms with van der Waals surface area (Å²) in [6.07, 6.45) is -0.653. The molecule has 9 heteroatoms. The van der Waals surface area contributed by atoms with Crippen LogP contribution < -0.4 is 10.2 Å². The van der Waals surface area contributed by atoms with Gasteiger partial charge in [0.2, 0.25) is 0 Å². The Morgan fingerprint density at radius 2 is 2.08 bits per heavy atom. The first-order chi connectivity index (χ1) is 11.5. The molecule has 1 N–H and O–H groups in total. The number of nitrogens with one attached hydrogen (secondary N) is 1. The highest BCUT2D eigenvalue weighted by Crippen LogP contribution is 2.27. The Morgan fingerprint density at radius 3 is 2.80 bits per heavy atom. The maximum atomic E-state index is 12.6. The molecule has 0 aliphatic carbocycles. The fraction of sp³-hybridized carbons (Fsp3) is 0.375. The van der Waals surface area contributed by atoms with Gasteiger partial charge in [0, 0.05) is 31.7 Å². The standard InChI is InChI=1S/C16H18F3N5.HI/c1-20-15(24-8-6-12-4-2-3-5-13(12)24)22-10-14-21-7-9-23(14)11-16(17,18)19;/h2-5,7,9H,6,8,10-11H2,1H3,(H,20,22);1H. The van der Waals surface area contributed by atoms with Crippen LogP contribution in [-0.2, 0) is 19.5 Å². The van der Waals surface area contributed by atoms with Crippen molar-refractivity contribution >= 4 is 35.6 Å². The lowest BCUT2D eigenvalue weighted by Gasteiger charge is -2.22. The highest BCUT2D eigenvalue weighted by atomic mass is 127. The Labute approximate surface area is 161 Å². The van der Waals surface area contributed by atoms with E-state index < -0.39 is 12.7 Å². The molecule has 2 heterocycles. The van der Waals surface area contributed by atoms with E-state index in [1.165, 1.54) is 18.0 Å². The van der Waals surface area contributed by atoms with Crippen molar-refractivity contribution in [2.75, 3.05) is 18.5 Å². The third-order valence-corrected chi connectivity index (χ3v) is 3.91. The van der Waals surface area contributed by atoms with Crippen molar-refractivity contribution in [3.05, 3.63) is 48.0 Å². The van der Waals surface area contributed by atoms with Crippen molar-refractivity contribution in [1.29, 1.82) is 0 Å². The number of benzene rings is 1. The van der Waals surface area contributed by atoms with Crippen molar-refractivity contribution < 1.29 is 13.2 Å². The van der Waals surface area contributed by atoms with Crippen LogP contribution in [0.25, 0.3) is 0 Å². The number of para-hydroxylation sites is 1. The molecule has 136 valence electrons. The summed E-state index contributed by atoms with van der Waals surface area (Å²) in [5.41, 5.74) is 2.31. The minimum absolute atomic E-state index is 0. The SMILES string of the molecule is CN=C(NCc1nccn1CC(F)(F)F)N1CCc2ccccc21.I. The second-order valence-electron chi connectivity index (χ2n) is 5.52. The second kappa shape index (κ2) is 8.07. The normalized spacial score (nSPS) is 14.2. The van der Waals surface area contributed by atoms with Gasteiger partial charge in [-0.3, -0.25) is 4.99 Å². The van der Waals surface area contributed by atoms with E-state index in [0.717, 1.165) is 23.2 Å². The number of nitrogens with zero attached hydrogens (tertiary/aromatic N) is 4. The first-order valence-corrected chi connectivity index (χ1v) is 7.61. The molecule has 3 rings (SSSR count). The molecule has 0 atom stereocenters. The lowest BCUT2D eigenvalue weighted by atomic mass is 10.2. The lowest BCUT2D eigenvalue weighted by molar-refractivity contribution is -0.141. The van der Waals surface area contributed by atoms with Gasteiger partial charge in [0.05, 0.1) is 6.54 Å². The van der Waals surface area contributed by atoms with Crippen LogP contribution in [0.3, 0.4) is 0 Å². The molecule has 2 aromatic rings. The number of hydrogen-bond donors (Lipinski definition) is 1. The summed E-state index contributed by atoms with van der Waals surface area (Å²) in [5.74, 6) is 0.947. The molecule has 0 unspecified atom stereocenters. The van der Waals surface area contributed by atoms with Crippen molar-refractivity contribution in [1.82, 2.24) is 14.9 Å². The highest BCUT2D eigenvalue weighted by molar-refractivity contribution is 14.0. The zero-order valence-corrected chi connectivity index (χ0v) is 16.0. The van der Waals surface area contributed by atoms with Crippen molar-refractivity contribution in [2.45, 2.75) is 25.7 Å². The number of guanidine groups is 1. The number of rotatable bonds is 3. The maximum Gasteiger partial charge on any atom is 0.406 e. The predicted octanol–water partition coefficient (Wildman–Crippen LogP) is 3.20. The topological polar surface area (TPSA) is 45.5 Å². The zero-order valence-electron chi connectivity index (χ0n) is 13.6. The molecule has 1 aliphatic rings. The summed E-state index contributed by atoms with van der Waals surface area (Å²) in [5, 5.41) is 3.11. The summed E-state index contributed by atoms with van der Waals surface area (Å²) in [6, 6.07) is 8.03. The molecule has 25 heavy (non-hydrogen) atoms. The van der Waals surface area contributed by atoms with Gasteiger partial charge in [0.25, 0.3) is 0 Å². The third kappa shape index (κ3) is 4.65. The molecule has 1 aliphatic heterocycles. The predicted molar refractivity (Wildman–Crippen MR) is 101 cm³/mol. The Bertz CT molecular complexity index is 741. The van der Waals surface area contributed by atoms with Crippen molar-refractivity contribution in [3.8, 4) is 0 Å². The molecule has 0 saturated carbocycles. The van der Waals surface area contributed by atoms with E-state index in [1.54, 1.807) is 7.05 Å². The van der Waals surface area contributed by atoms with Crippen LogP contribution in [0, 0.1) is 0 Å². The summed E-state index contributed by atoms with van der Waals surface area (Å²) in [7, 11) is 1.66. The lowest BCUT2D eigenvalue weighted by Crippen LogP contribution is -2.40. The second-order valence-corrected chi connectivity index (χ2v) is 5.52. The van der Waals surface area contributed by atoms with E-state index in [4.69, 9.17) is 0 Å². The minimum Gasteiger partial charge on any atom is -0.349 e. The molecular weight excluding hydrogens is 446 g/mol. The number of imidazole rings is 1. The van der Waals surface area contributed by atoms with Gasteiger partial charge >= 0.3 is 6.18 Å². The van der Waals surface area contributed by atoms with Crippen LogP contribution in [-0.4, -0.2) is 35.3 Å². The van der Waals surface area contributed by atoms with Crippen LogP contribution >= 0.6 is 24.0 Å². The molecule has 1 aromatic heterocycles. The van der Waals surface area contributed by atoms with E-state index in [9.17, 15) is 13.2 Å². The Balaban J connectivity index is 0.00000225. The number of alkyl halides is 3. The van der Waals surface area contributed by atoms with Gasteiger partial charge in [-0.05, 0) is 18.1 Å². The van der Waals surface area contributed by atoms with Crippen LogP contribution in [0.2, 0.25) is 0 Å². The summed E-state index contributed by atoms with van der Waals surface area (Å²) in [6.45, 7) is -0.0837. The number of anilines is 1. The summed E-state index contributed by atoms with van der Waals surface area (Å²) in [4.78, 5) is 10.3. The average Bonchev–Trinajstić information content (AvgIpc) is 3.14. The maximum absolute atomic E-state index is 12.6. The van der Waals surface area contributed by atoms with E-state index in [-0.39, 0.29) is 30.5 Å². The first-order valence-electron chi connectivity index (χ1n) is 7.61. The molecule has 0 fully saturated rings. The number of aromatic nitrogens is 2.